The van der Waals surface area contributed by atoms with Crippen LogP contribution in [-0.4, -0.2) is 59.1 Å². The summed E-state index contributed by atoms with van der Waals surface area (Å²) < 4.78 is 11.1. The summed E-state index contributed by atoms with van der Waals surface area (Å²) in [5.41, 5.74) is 1.11. The van der Waals surface area contributed by atoms with E-state index < -0.39 is 5.60 Å². The van der Waals surface area contributed by atoms with Gasteiger partial charge < -0.3 is 19.0 Å². The first-order chi connectivity index (χ1) is 14.7. The van der Waals surface area contributed by atoms with Crippen LogP contribution in [0.5, 0.6) is 0 Å². The highest BCUT2D eigenvalue weighted by Gasteiger charge is 2.30. The highest BCUT2D eigenvalue weighted by Crippen LogP contribution is 2.28. The minimum absolute atomic E-state index is 0.101. The number of aryl methyl sites for hydroxylation is 1. The Morgan fingerprint density at radius 1 is 1.19 bits per heavy atom. The highest BCUT2D eigenvalue weighted by atomic mass is 16.6. The van der Waals surface area contributed by atoms with Crippen molar-refractivity contribution in [2.24, 2.45) is 0 Å². The molecule has 0 aliphatic carbocycles. The van der Waals surface area contributed by atoms with Crippen LogP contribution in [0.25, 0.3) is 0 Å². The van der Waals surface area contributed by atoms with Crippen molar-refractivity contribution < 1.29 is 18.7 Å². The Hall–Kier alpha value is -2.83. The molecule has 0 bridgehead atoms. The number of nitrogens with zero attached hydrogens (tertiary/aromatic N) is 3. The summed E-state index contributed by atoms with van der Waals surface area (Å²) in [4.78, 5) is 32.8. The molecule has 7 heteroatoms. The average Bonchev–Trinajstić information content (AvgIpc) is 3.23. The van der Waals surface area contributed by atoms with Gasteiger partial charge in [-0.2, -0.15) is 0 Å². The molecule has 0 unspecified atom stereocenters. The van der Waals surface area contributed by atoms with Crippen molar-refractivity contribution >= 4 is 12.0 Å². The Balaban J connectivity index is 1.47. The summed E-state index contributed by atoms with van der Waals surface area (Å²) in [7, 11) is 1.79. The molecule has 0 radical (unpaired) electrons. The number of oxazole rings is 1. The molecule has 1 saturated heterocycles. The van der Waals surface area contributed by atoms with Crippen molar-refractivity contribution in [3.63, 3.8) is 0 Å². The lowest BCUT2D eigenvalue weighted by Crippen LogP contribution is -2.41. The molecular weight excluding hydrogens is 394 g/mol. The maximum absolute atomic E-state index is 12.7. The van der Waals surface area contributed by atoms with E-state index in [0.717, 1.165) is 25.7 Å². The minimum Gasteiger partial charge on any atom is -0.448 e. The van der Waals surface area contributed by atoms with Gasteiger partial charge in [0.15, 0.2) is 11.6 Å². The normalized spacial score (nSPS) is 15.0. The molecule has 1 aliphatic rings. The number of aromatic nitrogens is 1. The van der Waals surface area contributed by atoms with E-state index in [9.17, 15) is 9.59 Å². The molecule has 3 rings (SSSR count). The van der Waals surface area contributed by atoms with E-state index >= 15 is 0 Å². The van der Waals surface area contributed by atoms with Crippen molar-refractivity contribution in [3.05, 3.63) is 53.7 Å². The van der Waals surface area contributed by atoms with E-state index in [-0.39, 0.29) is 17.9 Å². The maximum atomic E-state index is 12.7. The van der Waals surface area contributed by atoms with E-state index in [0.29, 0.717) is 31.2 Å². The second kappa shape index (κ2) is 9.98. The van der Waals surface area contributed by atoms with Crippen molar-refractivity contribution in [2.75, 3.05) is 26.7 Å². The molecule has 1 aromatic carbocycles. The fourth-order valence-electron chi connectivity index (χ4n) is 3.67. The zero-order valence-corrected chi connectivity index (χ0v) is 19.0. The second-order valence-corrected chi connectivity index (χ2v) is 9.13. The molecule has 7 nitrogen and oxygen atoms in total. The lowest BCUT2D eigenvalue weighted by molar-refractivity contribution is 0.0199. The predicted molar refractivity (Wildman–Crippen MR) is 118 cm³/mol. The van der Waals surface area contributed by atoms with Crippen LogP contribution < -0.4 is 0 Å². The number of benzene rings is 1. The largest absolute Gasteiger partial charge is 0.448 e. The Labute approximate surface area is 184 Å². The standard InChI is InChI=1S/C24H33N3O4/c1-24(2,3)31-23(29)27-15-12-19(13-16-27)21-25-20(17-30-21)22(28)26(4)14-8-11-18-9-6-5-7-10-18/h5-7,9-10,17,19H,8,11-16H2,1-4H3. The van der Waals surface area contributed by atoms with Crippen LogP contribution >= 0.6 is 0 Å². The minimum atomic E-state index is -0.501. The van der Waals surface area contributed by atoms with Crippen LogP contribution in [0.1, 0.15) is 67.9 Å². The number of hydrogen-bond acceptors (Lipinski definition) is 5. The van der Waals surface area contributed by atoms with Gasteiger partial charge in [-0.1, -0.05) is 30.3 Å². The van der Waals surface area contributed by atoms with Gasteiger partial charge in [0, 0.05) is 32.6 Å². The van der Waals surface area contributed by atoms with Crippen LogP contribution in [-0.2, 0) is 11.2 Å². The zero-order valence-electron chi connectivity index (χ0n) is 19.0. The molecule has 2 heterocycles. The van der Waals surface area contributed by atoms with E-state index in [1.54, 1.807) is 16.8 Å². The van der Waals surface area contributed by atoms with Crippen molar-refractivity contribution in [1.29, 1.82) is 0 Å². The number of carbonyl (C=O) groups is 2. The third-order valence-corrected chi connectivity index (χ3v) is 5.39. The molecule has 168 valence electrons. The van der Waals surface area contributed by atoms with Crippen molar-refractivity contribution in [2.45, 2.75) is 58.0 Å². The van der Waals surface area contributed by atoms with Gasteiger partial charge in [0.2, 0.25) is 0 Å². The number of carbonyl (C=O) groups excluding carboxylic acids is 2. The predicted octanol–water partition coefficient (Wildman–Crippen LogP) is 4.49. The topological polar surface area (TPSA) is 75.9 Å². The second-order valence-electron chi connectivity index (χ2n) is 9.13. The first-order valence-electron chi connectivity index (χ1n) is 11.0. The van der Waals surface area contributed by atoms with Crippen LogP contribution in [0.2, 0.25) is 0 Å². The SMILES string of the molecule is CN(CCCc1ccccc1)C(=O)c1coc(C2CCN(C(=O)OC(C)(C)C)CC2)n1. The van der Waals surface area contributed by atoms with E-state index in [1.807, 2.05) is 39.0 Å². The average molecular weight is 428 g/mol. The molecule has 1 aliphatic heterocycles. The fourth-order valence-corrected chi connectivity index (χ4v) is 3.67. The fraction of sp³-hybridized carbons (Fsp3) is 0.542. The molecule has 0 atom stereocenters. The maximum Gasteiger partial charge on any atom is 0.410 e. The molecule has 0 N–H and O–H groups in total. The summed E-state index contributed by atoms with van der Waals surface area (Å²) in [6, 6.07) is 10.3. The summed E-state index contributed by atoms with van der Waals surface area (Å²) >= 11 is 0. The lowest BCUT2D eigenvalue weighted by atomic mass is 9.97. The number of likely N-dealkylation sites (tertiary alicyclic amines) is 1. The van der Waals surface area contributed by atoms with Crippen LogP contribution in [0, 0.1) is 0 Å². The summed E-state index contributed by atoms with van der Waals surface area (Å²) in [5, 5.41) is 0. The van der Waals surface area contributed by atoms with Crippen molar-refractivity contribution in [3.8, 4) is 0 Å². The first-order valence-corrected chi connectivity index (χ1v) is 11.0. The number of piperidine rings is 1. The molecule has 1 fully saturated rings. The lowest BCUT2D eigenvalue weighted by Gasteiger charge is -2.32. The Kier molecular flexibility index (Phi) is 7.36. The Bertz CT molecular complexity index is 864. The van der Waals surface area contributed by atoms with Gasteiger partial charge >= 0.3 is 6.09 Å². The first kappa shape index (κ1) is 22.8. The summed E-state index contributed by atoms with van der Waals surface area (Å²) in [5.74, 6) is 0.544. The van der Waals surface area contributed by atoms with Crippen LogP contribution in [0.4, 0.5) is 4.79 Å². The molecule has 2 amide bonds. The molecule has 1 aromatic heterocycles. The molecular formula is C24H33N3O4. The quantitative estimate of drug-likeness (QED) is 0.679. The monoisotopic (exact) mass is 427 g/mol. The van der Waals surface area contributed by atoms with Crippen LogP contribution in [0.3, 0.4) is 0 Å². The number of hydrogen-bond donors (Lipinski definition) is 0. The van der Waals surface area contributed by atoms with Crippen LogP contribution in [0.15, 0.2) is 41.0 Å². The van der Waals surface area contributed by atoms with Gasteiger partial charge in [-0.3, -0.25) is 4.79 Å². The molecule has 0 spiro atoms. The Morgan fingerprint density at radius 3 is 2.52 bits per heavy atom. The van der Waals surface area contributed by atoms with Gasteiger partial charge in [0.1, 0.15) is 11.9 Å². The molecule has 31 heavy (non-hydrogen) atoms. The molecule has 0 saturated carbocycles. The number of amides is 2. The van der Waals surface area contributed by atoms with E-state index in [2.05, 4.69) is 17.1 Å². The third-order valence-electron chi connectivity index (χ3n) is 5.39. The Morgan fingerprint density at radius 2 is 1.87 bits per heavy atom. The van der Waals surface area contributed by atoms with E-state index in [1.165, 1.54) is 11.8 Å². The molecule has 2 aromatic rings. The van der Waals surface area contributed by atoms with Gasteiger partial charge in [-0.15, -0.1) is 0 Å². The summed E-state index contributed by atoms with van der Waals surface area (Å²) in [6.45, 7) is 7.42. The third kappa shape index (κ3) is 6.57. The van der Waals surface area contributed by atoms with Gasteiger partial charge in [-0.05, 0) is 52.0 Å². The smallest absolute Gasteiger partial charge is 0.410 e. The van der Waals surface area contributed by atoms with E-state index in [4.69, 9.17) is 9.15 Å². The number of ether oxygens (including phenoxy) is 1. The van der Waals surface area contributed by atoms with Gasteiger partial charge in [0.05, 0.1) is 0 Å². The zero-order chi connectivity index (χ0) is 22.4. The van der Waals surface area contributed by atoms with Gasteiger partial charge in [-0.25, -0.2) is 9.78 Å². The van der Waals surface area contributed by atoms with Gasteiger partial charge in [0.25, 0.3) is 5.91 Å². The highest BCUT2D eigenvalue weighted by molar-refractivity contribution is 5.91. The number of rotatable bonds is 6. The summed E-state index contributed by atoms with van der Waals surface area (Å²) in [6.07, 6.45) is 4.46. The van der Waals surface area contributed by atoms with Crippen molar-refractivity contribution in [1.82, 2.24) is 14.8 Å².